The fourth-order valence-electron chi connectivity index (χ4n) is 1.60. The molecule has 1 atom stereocenters. The first-order chi connectivity index (χ1) is 8.19. The average molecular weight is 249 g/mol. The zero-order valence-electron chi connectivity index (χ0n) is 12.1. The van der Waals surface area contributed by atoms with Crippen LogP contribution in [0.2, 0.25) is 0 Å². The Balaban J connectivity index is 2.68. The van der Waals surface area contributed by atoms with Gasteiger partial charge in [0.05, 0.1) is 6.04 Å². The summed E-state index contributed by atoms with van der Waals surface area (Å²) in [4.78, 5) is 11.7. The van der Waals surface area contributed by atoms with Crippen LogP contribution in [0.25, 0.3) is 0 Å². The molecule has 0 aromatic heterocycles. The molecule has 18 heavy (non-hydrogen) atoms. The third-order valence-corrected chi connectivity index (χ3v) is 2.76. The Morgan fingerprint density at radius 2 is 1.83 bits per heavy atom. The molecule has 3 nitrogen and oxygen atoms in total. The van der Waals surface area contributed by atoms with Crippen molar-refractivity contribution in [3.8, 4) is 0 Å². The molecule has 0 unspecified atom stereocenters. The van der Waals surface area contributed by atoms with Gasteiger partial charge in [-0.15, -0.1) is 0 Å². The van der Waals surface area contributed by atoms with Gasteiger partial charge < -0.3 is 10.1 Å². The van der Waals surface area contributed by atoms with Crippen molar-refractivity contribution >= 4 is 6.09 Å². The third-order valence-electron chi connectivity index (χ3n) is 2.76. The van der Waals surface area contributed by atoms with E-state index < -0.39 is 5.60 Å². The van der Waals surface area contributed by atoms with Crippen molar-refractivity contribution in [1.29, 1.82) is 0 Å². The molecule has 1 aromatic rings. The SMILES string of the molecule is Cc1ccc([C@@H](C)NC(=O)OC(C)(C)C)cc1C. The van der Waals surface area contributed by atoms with Crippen LogP contribution in [0.5, 0.6) is 0 Å². The third kappa shape index (κ3) is 4.40. The summed E-state index contributed by atoms with van der Waals surface area (Å²) < 4.78 is 5.23. The summed E-state index contributed by atoms with van der Waals surface area (Å²) in [5.74, 6) is 0. The Labute approximate surface area is 110 Å². The van der Waals surface area contributed by atoms with E-state index in [4.69, 9.17) is 4.74 Å². The minimum Gasteiger partial charge on any atom is -0.444 e. The molecule has 0 fully saturated rings. The number of nitrogens with one attached hydrogen (secondary N) is 1. The van der Waals surface area contributed by atoms with Gasteiger partial charge in [0.25, 0.3) is 0 Å². The van der Waals surface area contributed by atoms with Crippen LogP contribution >= 0.6 is 0 Å². The van der Waals surface area contributed by atoms with Gasteiger partial charge in [0.2, 0.25) is 0 Å². The van der Waals surface area contributed by atoms with Crippen LogP contribution in [0.3, 0.4) is 0 Å². The van der Waals surface area contributed by atoms with E-state index in [2.05, 4.69) is 31.3 Å². The van der Waals surface area contributed by atoms with Crippen molar-refractivity contribution in [3.63, 3.8) is 0 Å². The largest absolute Gasteiger partial charge is 0.444 e. The number of amides is 1. The molecule has 0 saturated carbocycles. The lowest BCUT2D eigenvalue weighted by molar-refractivity contribution is 0.0508. The molecule has 0 aliphatic carbocycles. The fourth-order valence-corrected chi connectivity index (χ4v) is 1.60. The van der Waals surface area contributed by atoms with Gasteiger partial charge in [-0.2, -0.15) is 0 Å². The van der Waals surface area contributed by atoms with Crippen molar-refractivity contribution in [3.05, 3.63) is 34.9 Å². The van der Waals surface area contributed by atoms with Crippen molar-refractivity contribution in [2.24, 2.45) is 0 Å². The molecule has 0 spiro atoms. The quantitative estimate of drug-likeness (QED) is 0.863. The molecule has 0 aliphatic heterocycles. The van der Waals surface area contributed by atoms with E-state index in [1.807, 2.05) is 33.8 Å². The second-order valence-electron chi connectivity index (χ2n) is 5.71. The Bertz CT molecular complexity index is 433. The first-order valence-electron chi connectivity index (χ1n) is 6.26. The van der Waals surface area contributed by atoms with Gasteiger partial charge in [-0.3, -0.25) is 0 Å². The summed E-state index contributed by atoms with van der Waals surface area (Å²) in [7, 11) is 0. The van der Waals surface area contributed by atoms with E-state index in [0.717, 1.165) is 5.56 Å². The molecule has 0 radical (unpaired) electrons. The van der Waals surface area contributed by atoms with E-state index in [1.54, 1.807) is 0 Å². The summed E-state index contributed by atoms with van der Waals surface area (Å²) in [6.07, 6.45) is -0.381. The van der Waals surface area contributed by atoms with Crippen LogP contribution in [0.15, 0.2) is 18.2 Å². The Morgan fingerprint density at radius 3 is 2.33 bits per heavy atom. The van der Waals surface area contributed by atoms with Crippen molar-refractivity contribution < 1.29 is 9.53 Å². The second-order valence-corrected chi connectivity index (χ2v) is 5.71. The summed E-state index contributed by atoms with van der Waals surface area (Å²) in [5, 5.41) is 2.84. The normalized spacial score (nSPS) is 13.0. The molecule has 1 amide bonds. The smallest absolute Gasteiger partial charge is 0.408 e. The number of carbonyl (C=O) groups is 1. The van der Waals surface area contributed by atoms with Crippen molar-refractivity contribution in [1.82, 2.24) is 5.32 Å². The highest BCUT2D eigenvalue weighted by atomic mass is 16.6. The number of carbonyl (C=O) groups excluding carboxylic acids is 1. The van der Waals surface area contributed by atoms with Crippen LogP contribution in [-0.4, -0.2) is 11.7 Å². The summed E-state index contributed by atoms with van der Waals surface area (Å²) >= 11 is 0. The lowest BCUT2D eigenvalue weighted by Crippen LogP contribution is -2.34. The van der Waals surface area contributed by atoms with E-state index in [-0.39, 0.29) is 12.1 Å². The molecule has 0 bridgehead atoms. The molecule has 100 valence electrons. The van der Waals surface area contributed by atoms with Gasteiger partial charge in [-0.05, 0) is 58.2 Å². The molecule has 1 rings (SSSR count). The van der Waals surface area contributed by atoms with Crippen LogP contribution in [0.4, 0.5) is 4.79 Å². The highest BCUT2D eigenvalue weighted by Crippen LogP contribution is 2.17. The van der Waals surface area contributed by atoms with Crippen LogP contribution in [0, 0.1) is 13.8 Å². The lowest BCUT2D eigenvalue weighted by Gasteiger charge is -2.22. The molecule has 0 aliphatic rings. The van der Waals surface area contributed by atoms with E-state index in [9.17, 15) is 4.79 Å². The maximum atomic E-state index is 11.7. The minimum absolute atomic E-state index is 0.0563. The zero-order valence-corrected chi connectivity index (χ0v) is 12.1. The van der Waals surface area contributed by atoms with Crippen LogP contribution in [0.1, 0.15) is 50.4 Å². The zero-order chi connectivity index (χ0) is 13.9. The monoisotopic (exact) mass is 249 g/mol. The highest BCUT2D eigenvalue weighted by molar-refractivity contribution is 5.68. The molecule has 3 heteroatoms. The molecular weight excluding hydrogens is 226 g/mol. The number of hydrogen-bond donors (Lipinski definition) is 1. The number of ether oxygens (including phenoxy) is 1. The standard InChI is InChI=1S/C15H23NO2/c1-10-7-8-13(9-11(10)2)12(3)16-14(17)18-15(4,5)6/h7-9,12H,1-6H3,(H,16,17)/t12-/m1/s1. The van der Waals surface area contributed by atoms with Gasteiger partial charge in [-0.1, -0.05) is 18.2 Å². The number of aryl methyl sites for hydroxylation is 2. The summed E-state index contributed by atoms with van der Waals surface area (Å²) in [6, 6.07) is 6.14. The number of rotatable bonds is 2. The predicted octanol–water partition coefficient (Wildman–Crippen LogP) is 3.89. The van der Waals surface area contributed by atoms with Crippen LogP contribution in [-0.2, 0) is 4.74 Å². The number of alkyl carbamates (subject to hydrolysis) is 1. The van der Waals surface area contributed by atoms with E-state index >= 15 is 0 Å². The lowest BCUT2D eigenvalue weighted by atomic mass is 10.0. The second kappa shape index (κ2) is 5.42. The first kappa shape index (κ1) is 14.6. The molecule has 0 heterocycles. The molecule has 0 saturated heterocycles. The van der Waals surface area contributed by atoms with Gasteiger partial charge in [0.15, 0.2) is 0 Å². The predicted molar refractivity (Wildman–Crippen MR) is 73.7 cm³/mol. The topological polar surface area (TPSA) is 38.3 Å². The van der Waals surface area contributed by atoms with Gasteiger partial charge in [0.1, 0.15) is 5.60 Å². The molecule has 1 N–H and O–H groups in total. The van der Waals surface area contributed by atoms with E-state index in [1.165, 1.54) is 11.1 Å². The Kier molecular flexibility index (Phi) is 4.38. The first-order valence-corrected chi connectivity index (χ1v) is 6.26. The maximum Gasteiger partial charge on any atom is 0.408 e. The van der Waals surface area contributed by atoms with Gasteiger partial charge >= 0.3 is 6.09 Å². The highest BCUT2D eigenvalue weighted by Gasteiger charge is 2.18. The average Bonchev–Trinajstić information content (AvgIpc) is 2.18. The van der Waals surface area contributed by atoms with Gasteiger partial charge in [0, 0.05) is 0 Å². The minimum atomic E-state index is -0.465. The van der Waals surface area contributed by atoms with Crippen LogP contribution < -0.4 is 5.32 Å². The maximum absolute atomic E-state index is 11.7. The van der Waals surface area contributed by atoms with E-state index in [0.29, 0.717) is 0 Å². The molecule has 1 aromatic carbocycles. The van der Waals surface area contributed by atoms with Crippen molar-refractivity contribution in [2.45, 2.75) is 53.2 Å². The number of benzene rings is 1. The summed E-state index contributed by atoms with van der Waals surface area (Å²) in [6.45, 7) is 11.7. The van der Waals surface area contributed by atoms with Crippen molar-refractivity contribution in [2.75, 3.05) is 0 Å². The number of hydrogen-bond acceptors (Lipinski definition) is 2. The fraction of sp³-hybridized carbons (Fsp3) is 0.533. The Morgan fingerprint density at radius 1 is 1.22 bits per heavy atom. The van der Waals surface area contributed by atoms with Gasteiger partial charge in [-0.25, -0.2) is 4.79 Å². The Hall–Kier alpha value is -1.51. The summed E-state index contributed by atoms with van der Waals surface area (Å²) in [5.41, 5.74) is 3.10. The molecular formula is C15H23NO2.